The van der Waals surface area contributed by atoms with Crippen LogP contribution in [-0.2, 0) is 22.3 Å². The lowest BCUT2D eigenvalue weighted by Crippen LogP contribution is -2.55. The van der Waals surface area contributed by atoms with Crippen molar-refractivity contribution in [2.24, 2.45) is 5.92 Å². The van der Waals surface area contributed by atoms with E-state index in [1.165, 1.54) is 12.1 Å². The molecule has 5 nitrogen and oxygen atoms in total. The number of alkyl halides is 3. The Morgan fingerprint density at radius 1 is 1.23 bits per heavy atom. The minimum absolute atomic E-state index is 0.0325. The average Bonchev–Trinajstić information content (AvgIpc) is 2.82. The Bertz CT molecular complexity index is 695. The number of hydrogen-bond donors (Lipinski definition) is 1. The van der Waals surface area contributed by atoms with Crippen LogP contribution >= 0.6 is 0 Å². The molecule has 142 valence electrons. The summed E-state index contributed by atoms with van der Waals surface area (Å²) in [5, 5.41) is 9.47. The van der Waals surface area contributed by atoms with Crippen molar-refractivity contribution in [2.45, 2.75) is 37.5 Å². The molecule has 26 heavy (non-hydrogen) atoms. The van der Waals surface area contributed by atoms with Crippen LogP contribution < -0.4 is 0 Å². The fourth-order valence-electron chi connectivity index (χ4n) is 4.14. The van der Waals surface area contributed by atoms with Gasteiger partial charge in [0.2, 0.25) is 5.91 Å². The fourth-order valence-corrected chi connectivity index (χ4v) is 4.14. The third-order valence-corrected chi connectivity index (χ3v) is 5.78. The number of carbonyl (C=O) groups excluding carboxylic acids is 1. The molecular weight excluding hydrogens is 349 g/mol. The molecule has 0 aromatic heterocycles. The first kappa shape index (κ1) is 18.7. The highest BCUT2D eigenvalue weighted by Gasteiger charge is 2.55. The van der Waals surface area contributed by atoms with Crippen LogP contribution in [-0.4, -0.2) is 52.5 Å². The van der Waals surface area contributed by atoms with Crippen LogP contribution in [0.1, 0.15) is 30.4 Å². The molecule has 2 saturated heterocycles. The van der Waals surface area contributed by atoms with Crippen molar-refractivity contribution in [3.05, 3.63) is 35.4 Å². The number of carbonyl (C=O) groups is 2. The Hall–Kier alpha value is -2.09. The lowest BCUT2D eigenvalue weighted by atomic mass is 9.77. The van der Waals surface area contributed by atoms with E-state index >= 15 is 0 Å². The van der Waals surface area contributed by atoms with Gasteiger partial charge < -0.3 is 10.0 Å². The van der Waals surface area contributed by atoms with Crippen molar-refractivity contribution in [3.63, 3.8) is 0 Å². The topological polar surface area (TPSA) is 60.9 Å². The highest BCUT2D eigenvalue weighted by Crippen LogP contribution is 2.43. The molecule has 1 unspecified atom stereocenters. The van der Waals surface area contributed by atoms with Crippen LogP contribution in [0.15, 0.2) is 24.3 Å². The molecule has 1 spiro atoms. The number of likely N-dealkylation sites (tertiary alicyclic amines) is 2. The molecule has 2 aliphatic heterocycles. The number of carboxylic acid groups (broad SMARTS) is 1. The third kappa shape index (κ3) is 3.30. The zero-order valence-corrected chi connectivity index (χ0v) is 14.4. The Labute approximate surface area is 149 Å². The van der Waals surface area contributed by atoms with Crippen LogP contribution in [0.4, 0.5) is 13.2 Å². The van der Waals surface area contributed by atoms with Gasteiger partial charge in [0.1, 0.15) is 0 Å². The average molecular weight is 370 g/mol. The molecule has 1 aromatic rings. The molecule has 0 bridgehead atoms. The van der Waals surface area contributed by atoms with E-state index in [4.69, 9.17) is 0 Å². The molecule has 2 fully saturated rings. The number of benzene rings is 1. The Morgan fingerprint density at radius 2 is 1.81 bits per heavy atom. The molecule has 1 amide bonds. The summed E-state index contributed by atoms with van der Waals surface area (Å²) in [6, 6.07) is 5.09. The summed E-state index contributed by atoms with van der Waals surface area (Å²) in [6.07, 6.45) is -3.22. The summed E-state index contributed by atoms with van der Waals surface area (Å²) < 4.78 is 37.9. The summed E-state index contributed by atoms with van der Waals surface area (Å²) in [5.74, 6) is -1.79. The van der Waals surface area contributed by atoms with Crippen molar-refractivity contribution < 1.29 is 27.9 Å². The van der Waals surface area contributed by atoms with E-state index in [0.29, 0.717) is 32.5 Å². The standard InChI is InChI=1S/C18H21F3N2O3/c1-22-15(24)10-14(16(25)26)17(22)6-8-23(9-7-17)11-12-2-4-13(5-3-12)18(19,20)21/h2-5,14H,6-11H2,1H3,(H,25,26). The summed E-state index contributed by atoms with van der Waals surface area (Å²) in [5.41, 5.74) is -0.548. The smallest absolute Gasteiger partial charge is 0.416 e. The van der Waals surface area contributed by atoms with Gasteiger partial charge in [-0.25, -0.2) is 0 Å². The van der Waals surface area contributed by atoms with Crippen molar-refractivity contribution in [1.82, 2.24) is 9.80 Å². The number of hydrogen-bond acceptors (Lipinski definition) is 3. The minimum atomic E-state index is -4.35. The van der Waals surface area contributed by atoms with Crippen LogP contribution in [0.3, 0.4) is 0 Å². The molecule has 2 heterocycles. The first-order valence-corrected chi connectivity index (χ1v) is 8.51. The number of carboxylic acids is 1. The predicted molar refractivity (Wildman–Crippen MR) is 87.2 cm³/mol. The monoisotopic (exact) mass is 370 g/mol. The first-order valence-electron chi connectivity index (χ1n) is 8.51. The Morgan fingerprint density at radius 3 is 2.31 bits per heavy atom. The van der Waals surface area contributed by atoms with Crippen LogP contribution in [0.5, 0.6) is 0 Å². The first-order chi connectivity index (χ1) is 12.1. The SMILES string of the molecule is CN1C(=O)CC(C(=O)O)C12CCN(Cc1ccc(C(F)(F)F)cc1)CC2. The van der Waals surface area contributed by atoms with E-state index in [1.54, 1.807) is 11.9 Å². The van der Waals surface area contributed by atoms with Gasteiger partial charge in [-0.15, -0.1) is 0 Å². The molecule has 3 rings (SSSR count). The van der Waals surface area contributed by atoms with Gasteiger partial charge >= 0.3 is 12.1 Å². The molecule has 0 saturated carbocycles. The number of amides is 1. The molecule has 0 radical (unpaired) electrons. The number of halogens is 3. The second-order valence-electron chi connectivity index (χ2n) is 7.12. The third-order valence-electron chi connectivity index (χ3n) is 5.78. The van der Waals surface area contributed by atoms with E-state index < -0.39 is 29.2 Å². The van der Waals surface area contributed by atoms with Crippen LogP contribution in [0.2, 0.25) is 0 Å². The number of nitrogens with zero attached hydrogens (tertiary/aromatic N) is 2. The number of piperidine rings is 1. The van der Waals surface area contributed by atoms with Gasteiger partial charge in [0.25, 0.3) is 0 Å². The summed E-state index contributed by atoms with van der Waals surface area (Å²) in [6.45, 7) is 1.70. The maximum Gasteiger partial charge on any atom is 0.416 e. The zero-order chi connectivity index (χ0) is 19.1. The summed E-state index contributed by atoms with van der Waals surface area (Å²) in [7, 11) is 1.66. The molecule has 0 aliphatic carbocycles. The van der Waals surface area contributed by atoms with Crippen molar-refractivity contribution >= 4 is 11.9 Å². The van der Waals surface area contributed by atoms with E-state index in [2.05, 4.69) is 4.90 Å². The zero-order valence-electron chi connectivity index (χ0n) is 14.4. The summed E-state index contributed by atoms with van der Waals surface area (Å²) in [4.78, 5) is 27.2. The van der Waals surface area contributed by atoms with E-state index in [0.717, 1.165) is 17.7 Å². The second kappa shape index (κ2) is 6.57. The molecule has 1 atom stereocenters. The molecule has 1 aromatic carbocycles. The maximum atomic E-state index is 12.6. The number of rotatable bonds is 3. The predicted octanol–water partition coefficient (Wildman–Crippen LogP) is 2.60. The van der Waals surface area contributed by atoms with E-state index in [1.807, 2.05) is 0 Å². The Kier molecular flexibility index (Phi) is 4.72. The van der Waals surface area contributed by atoms with Crippen molar-refractivity contribution in [1.29, 1.82) is 0 Å². The van der Waals surface area contributed by atoms with Crippen molar-refractivity contribution in [2.75, 3.05) is 20.1 Å². The molecule has 1 N–H and O–H groups in total. The van der Waals surface area contributed by atoms with E-state index in [9.17, 15) is 27.9 Å². The minimum Gasteiger partial charge on any atom is -0.481 e. The van der Waals surface area contributed by atoms with Crippen LogP contribution in [0, 0.1) is 5.92 Å². The van der Waals surface area contributed by atoms with Gasteiger partial charge in [0.15, 0.2) is 0 Å². The second-order valence-corrected chi connectivity index (χ2v) is 7.12. The van der Waals surface area contributed by atoms with Gasteiger partial charge in [-0.1, -0.05) is 12.1 Å². The maximum absolute atomic E-state index is 12.6. The lowest BCUT2D eigenvalue weighted by Gasteiger charge is -2.45. The van der Waals surface area contributed by atoms with Crippen LogP contribution in [0.25, 0.3) is 0 Å². The molecule has 8 heteroatoms. The van der Waals surface area contributed by atoms with E-state index in [-0.39, 0.29) is 12.3 Å². The van der Waals surface area contributed by atoms with Gasteiger partial charge in [0.05, 0.1) is 17.0 Å². The Balaban J connectivity index is 1.65. The highest BCUT2D eigenvalue weighted by atomic mass is 19.4. The van der Waals surface area contributed by atoms with Gasteiger partial charge in [0, 0.05) is 33.1 Å². The molecular formula is C18H21F3N2O3. The fraction of sp³-hybridized carbons (Fsp3) is 0.556. The normalized spacial score (nSPS) is 23.6. The van der Waals surface area contributed by atoms with Gasteiger partial charge in [-0.2, -0.15) is 13.2 Å². The lowest BCUT2D eigenvalue weighted by molar-refractivity contribution is -0.146. The largest absolute Gasteiger partial charge is 0.481 e. The van der Waals surface area contributed by atoms with Gasteiger partial charge in [-0.3, -0.25) is 14.5 Å². The quantitative estimate of drug-likeness (QED) is 0.889. The van der Waals surface area contributed by atoms with Crippen molar-refractivity contribution in [3.8, 4) is 0 Å². The molecule has 2 aliphatic rings. The van der Waals surface area contributed by atoms with Gasteiger partial charge in [-0.05, 0) is 30.5 Å². The highest BCUT2D eigenvalue weighted by molar-refractivity contribution is 5.88. The number of aliphatic carboxylic acids is 1. The summed E-state index contributed by atoms with van der Waals surface area (Å²) >= 11 is 0.